The Balaban J connectivity index is 2.05. The fraction of sp³-hybridized carbons (Fsp3) is 0.571. The lowest BCUT2D eigenvalue weighted by Gasteiger charge is -2.20. The number of carbonyl (C=O) groups is 1. The largest absolute Gasteiger partial charge is 0.395 e. The summed E-state index contributed by atoms with van der Waals surface area (Å²) in [5.41, 5.74) is 1.47. The Kier molecular flexibility index (Phi) is 3.66. The van der Waals surface area contributed by atoms with Gasteiger partial charge in [-0.3, -0.25) is 9.78 Å². The van der Waals surface area contributed by atoms with E-state index in [4.69, 9.17) is 0 Å². The van der Waals surface area contributed by atoms with Crippen molar-refractivity contribution >= 4 is 5.91 Å². The summed E-state index contributed by atoms with van der Waals surface area (Å²) in [4.78, 5) is 16.4. The van der Waals surface area contributed by atoms with Gasteiger partial charge in [0, 0.05) is 6.20 Å². The molecule has 1 saturated carbocycles. The van der Waals surface area contributed by atoms with Crippen molar-refractivity contribution in [1.29, 1.82) is 0 Å². The van der Waals surface area contributed by atoms with Crippen LogP contribution in [0.3, 0.4) is 0 Å². The molecule has 0 bridgehead atoms. The van der Waals surface area contributed by atoms with Crippen molar-refractivity contribution < 1.29 is 9.90 Å². The van der Waals surface area contributed by atoms with Crippen LogP contribution in [0.25, 0.3) is 0 Å². The van der Waals surface area contributed by atoms with Crippen LogP contribution in [0.5, 0.6) is 0 Å². The minimum Gasteiger partial charge on any atom is -0.395 e. The van der Waals surface area contributed by atoms with E-state index in [-0.39, 0.29) is 18.6 Å². The molecule has 1 aliphatic carbocycles. The SMILES string of the molecule is CCC(NC(=O)C1(CO)CC1)c1ccc(C)cn1. The Morgan fingerprint density at radius 1 is 1.56 bits per heavy atom. The molecule has 0 aromatic carbocycles. The normalized spacial score (nSPS) is 18.2. The number of aliphatic hydroxyl groups excluding tert-OH is 1. The lowest BCUT2D eigenvalue weighted by Crippen LogP contribution is -2.37. The maximum absolute atomic E-state index is 12.1. The molecule has 98 valence electrons. The van der Waals surface area contributed by atoms with E-state index < -0.39 is 5.41 Å². The molecule has 1 aromatic heterocycles. The molecule has 4 nitrogen and oxygen atoms in total. The van der Waals surface area contributed by atoms with Crippen molar-refractivity contribution in [2.24, 2.45) is 5.41 Å². The molecular formula is C14H20N2O2. The van der Waals surface area contributed by atoms with E-state index in [9.17, 15) is 9.90 Å². The minimum atomic E-state index is -0.516. The Morgan fingerprint density at radius 3 is 2.72 bits per heavy atom. The summed E-state index contributed by atoms with van der Waals surface area (Å²) in [6.45, 7) is 3.95. The smallest absolute Gasteiger partial charge is 0.229 e. The van der Waals surface area contributed by atoms with Gasteiger partial charge in [-0.05, 0) is 37.8 Å². The maximum atomic E-state index is 12.1. The lowest BCUT2D eigenvalue weighted by molar-refractivity contribution is -0.128. The van der Waals surface area contributed by atoms with Crippen LogP contribution >= 0.6 is 0 Å². The topological polar surface area (TPSA) is 62.2 Å². The third kappa shape index (κ3) is 2.53. The van der Waals surface area contributed by atoms with Crippen LogP contribution in [0.1, 0.15) is 43.5 Å². The zero-order valence-corrected chi connectivity index (χ0v) is 10.9. The van der Waals surface area contributed by atoms with Gasteiger partial charge >= 0.3 is 0 Å². The molecule has 1 heterocycles. The first-order valence-corrected chi connectivity index (χ1v) is 6.45. The number of rotatable bonds is 5. The summed E-state index contributed by atoms with van der Waals surface area (Å²) >= 11 is 0. The van der Waals surface area contributed by atoms with E-state index >= 15 is 0 Å². The summed E-state index contributed by atoms with van der Waals surface area (Å²) in [5.74, 6) is -0.0424. The van der Waals surface area contributed by atoms with Crippen LogP contribution in [0.2, 0.25) is 0 Å². The van der Waals surface area contributed by atoms with Gasteiger partial charge < -0.3 is 10.4 Å². The van der Waals surface area contributed by atoms with Gasteiger partial charge in [0.25, 0.3) is 0 Å². The molecule has 1 amide bonds. The summed E-state index contributed by atoms with van der Waals surface area (Å²) in [6, 6.07) is 3.88. The van der Waals surface area contributed by atoms with E-state index in [0.717, 1.165) is 30.5 Å². The Hall–Kier alpha value is -1.42. The van der Waals surface area contributed by atoms with Gasteiger partial charge in [0.15, 0.2) is 0 Å². The Labute approximate surface area is 107 Å². The first-order valence-electron chi connectivity index (χ1n) is 6.45. The number of hydrogen-bond donors (Lipinski definition) is 2. The molecule has 0 aliphatic heterocycles. The minimum absolute atomic E-state index is 0.0424. The van der Waals surface area contributed by atoms with Crippen molar-refractivity contribution in [2.45, 2.75) is 39.2 Å². The number of aromatic nitrogens is 1. The molecule has 1 unspecified atom stereocenters. The number of aryl methyl sites for hydroxylation is 1. The average Bonchev–Trinajstić information content (AvgIpc) is 3.18. The van der Waals surface area contributed by atoms with Crippen LogP contribution in [0.15, 0.2) is 18.3 Å². The first kappa shape index (κ1) is 13.0. The van der Waals surface area contributed by atoms with Gasteiger partial charge in [0.2, 0.25) is 5.91 Å². The van der Waals surface area contributed by atoms with E-state index in [1.54, 1.807) is 0 Å². The van der Waals surface area contributed by atoms with E-state index in [1.807, 2.05) is 32.2 Å². The second-order valence-corrected chi connectivity index (χ2v) is 5.13. The van der Waals surface area contributed by atoms with Crippen LogP contribution in [0, 0.1) is 12.3 Å². The highest BCUT2D eigenvalue weighted by Gasteiger charge is 2.49. The predicted octanol–water partition coefficient (Wildman–Crippen LogP) is 1.73. The molecule has 1 fully saturated rings. The second kappa shape index (κ2) is 5.06. The van der Waals surface area contributed by atoms with Crippen LogP contribution in [-0.4, -0.2) is 22.6 Å². The molecule has 0 saturated heterocycles. The van der Waals surface area contributed by atoms with Crippen molar-refractivity contribution in [3.8, 4) is 0 Å². The predicted molar refractivity (Wildman–Crippen MR) is 68.9 cm³/mol. The van der Waals surface area contributed by atoms with Gasteiger partial charge in [0.05, 0.1) is 23.8 Å². The Morgan fingerprint density at radius 2 is 2.28 bits per heavy atom. The van der Waals surface area contributed by atoms with Crippen LogP contribution in [0.4, 0.5) is 0 Å². The number of carbonyl (C=O) groups excluding carboxylic acids is 1. The number of amides is 1. The monoisotopic (exact) mass is 248 g/mol. The fourth-order valence-corrected chi connectivity index (χ4v) is 1.99. The van der Waals surface area contributed by atoms with E-state index in [1.165, 1.54) is 0 Å². The summed E-state index contributed by atoms with van der Waals surface area (Å²) in [6.07, 6.45) is 4.17. The highest BCUT2D eigenvalue weighted by Crippen LogP contribution is 2.45. The van der Waals surface area contributed by atoms with Crippen molar-refractivity contribution in [1.82, 2.24) is 10.3 Å². The molecule has 1 aromatic rings. The molecule has 4 heteroatoms. The zero-order valence-electron chi connectivity index (χ0n) is 10.9. The fourth-order valence-electron chi connectivity index (χ4n) is 1.99. The molecule has 2 rings (SSSR count). The maximum Gasteiger partial charge on any atom is 0.229 e. The summed E-state index contributed by atoms with van der Waals surface area (Å²) in [5, 5.41) is 12.2. The van der Waals surface area contributed by atoms with Crippen molar-refractivity contribution in [3.63, 3.8) is 0 Å². The number of pyridine rings is 1. The first-order chi connectivity index (χ1) is 8.61. The third-order valence-electron chi connectivity index (χ3n) is 3.64. The molecule has 1 atom stereocenters. The number of hydrogen-bond acceptors (Lipinski definition) is 3. The number of nitrogens with zero attached hydrogens (tertiary/aromatic N) is 1. The third-order valence-corrected chi connectivity index (χ3v) is 3.64. The van der Waals surface area contributed by atoms with E-state index in [0.29, 0.717) is 0 Å². The molecule has 2 N–H and O–H groups in total. The van der Waals surface area contributed by atoms with E-state index in [2.05, 4.69) is 10.3 Å². The Bertz CT molecular complexity index is 424. The van der Waals surface area contributed by atoms with Gasteiger partial charge in [-0.15, -0.1) is 0 Å². The number of aliphatic hydroxyl groups is 1. The van der Waals surface area contributed by atoms with Crippen molar-refractivity contribution in [3.05, 3.63) is 29.6 Å². The standard InChI is InChI=1S/C14H20N2O2/c1-3-11(12-5-4-10(2)8-15-12)16-13(18)14(9-17)6-7-14/h4-5,8,11,17H,3,6-7,9H2,1-2H3,(H,16,18). The van der Waals surface area contributed by atoms with Crippen LogP contribution in [-0.2, 0) is 4.79 Å². The van der Waals surface area contributed by atoms with Gasteiger partial charge in [-0.25, -0.2) is 0 Å². The second-order valence-electron chi connectivity index (χ2n) is 5.13. The van der Waals surface area contributed by atoms with Gasteiger partial charge in [0.1, 0.15) is 0 Å². The quantitative estimate of drug-likeness (QED) is 0.834. The average molecular weight is 248 g/mol. The van der Waals surface area contributed by atoms with Crippen molar-refractivity contribution in [2.75, 3.05) is 6.61 Å². The summed E-state index contributed by atoms with van der Waals surface area (Å²) < 4.78 is 0. The highest BCUT2D eigenvalue weighted by molar-refractivity contribution is 5.85. The molecule has 0 radical (unpaired) electrons. The lowest BCUT2D eigenvalue weighted by atomic mass is 10.0. The zero-order chi connectivity index (χ0) is 13.2. The highest BCUT2D eigenvalue weighted by atomic mass is 16.3. The van der Waals surface area contributed by atoms with Crippen LogP contribution < -0.4 is 5.32 Å². The molecular weight excluding hydrogens is 228 g/mol. The van der Waals surface area contributed by atoms with Gasteiger partial charge in [-0.1, -0.05) is 13.0 Å². The molecule has 1 aliphatic rings. The molecule has 18 heavy (non-hydrogen) atoms. The molecule has 0 spiro atoms. The van der Waals surface area contributed by atoms with Gasteiger partial charge in [-0.2, -0.15) is 0 Å². The number of nitrogens with one attached hydrogen (secondary N) is 1. The summed E-state index contributed by atoms with van der Waals surface area (Å²) in [7, 11) is 0.